The summed E-state index contributed by atoms with van der Waals surface area (Å²) in [6.45, 7) is 29.6. The molecule has 1 aromatic rings. The zero-order valence-electron chi connectivity index (χ0n) is 27.4. The van der Waals surface area contributed by atoms with E-state index in [1.807, 2.05) is 20.9 Å². The third-order valence-electron chi connectivity index (χ3n) is 6.27. The SMILES string of the molecule is C=C(NCc1ccc(C)cc1)C(=C)C(=[C-]CC)CCCC(CCC=O)NC.C=[C-]S/C=C(\C)C(C)(C)C.CC.[K+]. The molecule has 5 heteroatoms. The van der Waals surface area contributed by atoms with Crippen LogP contribution in [0.15, 0.2) is 71.8 Å². The maximum Gasteiger partial charge on any atom is 1.00 e. The molecule has 3 nitrogen and oxygen atoms in total. The Bertz CT molecular complexity index is 895. The van der Waals surface area contributed by atoms with Crippen molar-refractivity contribution in [2.75, 3.05) is 7.05 Å². The molecule has 220 valence electrons. The molecule has 1 atom stereocenters. The van der Waals surface area contributed by atoms with Crippen molar-refractivity contribution in [1.29, 1.82) is 0 Å². The Labute approximate surface area is 295 Å². The van der Waals surface area contributed by atoms with Gasteiger partial charge in [0, 0.05) is 19.0 Å². The summed E-state index contributed by atoms with van der Waals surface area (Å²) in [6.07, 6.45) is 9.80. The summed E-state index contributed by atoms with van der Waals surface area (Å²) in [5, 5.41) is 11.5. The standard InChI is InChI=1S/C24H35N2O.C9H15S.C2H6.K/c1-6-9-23(10-7-11-24(25-5)12-8-17-27)20(3)21(4)26-18-22-15-13-19(2)14-16-22;1-6-10-7-8(2)9(3,4)5;1-2;/h13-17,24-26H,3-4,6-8,10-12,18H2,1-2,5H3;7H,1H2,2-5H3;1-2H3;/q2*-1;;+1/b;8-7+;;. The van der Waals surface area contributed by atoms with Gasteiger partial charge in [0.1, 0.15) is 6.29 Å². The third-order valence-corrected chi connectivity index (χ3v) is 6.91. The number of allylic oxidation sites excluding steroid dienone is 3. The van der Waals surface area contributed by atoms with Gasteiger partial charge in [-0.25, -0.2) is 5.57 Å². The van der Waals surface area contributed by atoms with Gasteiger partial charge in [0.2, 0.25) is 0 Å². The molecular weight excluding hydrogens is 536 g/mol. The maximum absolute atomic E-state index is 10.6. The van der Waals surface area contributed by atoms with Gasteiger partial charge in [-0.1, -0.05) is 102 Å². The molecule has 0 bridgehead atoms. The Balaban J connectivity index is -0.000000889. The molecule has 0 radical (unpaired) electrons. The van der Waals surface area contributed by atoms with Gasteiger partial charge in [0.25, 0.3) is 0 Å². The van der Waals surface area contributed by atoms with Crippen molar-refractivity contribution in [1.82, 2.24) is 10.6 Å². The molecule has 0 heterocycles. The van der Waals surface area contributed by atoms with E-state index in [0.717, 1.165) is 61.8 Å². The molecule has 1 rings (SSSR count). The van der Waals surface area contributed by atoms with E-state index in [9.17, 15) is 4.79 Å². The van der Waals surface area contributed by atoms with Crippen LogP contribution in [0.3, 0.4) is 0 Å². The third kappa shape index (κ3) is 22.0. The van der Waals surface area contributed by atoms with Gasteiger partial charge in [-0.3, -0.25) is 12.7 Å². The zero-order valence-corrected chi connectivity index (χ0v) is 31.4. The zero-order chi connectivity index (χ0) is 30.3. The average Bonchev–Trinajstić information content (AvgIpc) is 2.93. The molecule has 0 spiro atoms. The summed E-state index contributed by atoms with van der Waals surface area (Å²) >= 11 is 1.52. The first-order valence-electron chi connectivity index (χ1n) is 14.2. The van der Waals surface area contributed by atoms with E-state index in [-0.39, 0.29) is 56.8 Å². The van der Waals surface area contributed by atoms with Crippen LogP contribution in [0.5, 0.6) is 0 Å². The first kappa shape index (κ1) is 43.8. The Morgan fingerprint density at radius 1 is 1.12 bits per heavy atom. The smallest absolute Gasteiger partial charge is 0.435 e. The molecule has 0 aliphatic heterocycles. The number of thioether (sulfide) groups is 1. The largest absolute Gasteiger partial charge is 1.00 e. The van der Waals surface area contributed by atoms with Crippen LogP contribution in [0, 0.1) is 23.8 Å². The van der Waals surface area contributed by atoms with E-state index >= 15 is 0 Å². The maximum atomic E-state index is 10.6. The Morgan fingerprint density at radius 3 is 2.20 bits per heavy atom. The Hall–Kier alpha value is -0.664. The van der Waals surface area contributed by atoms with Crippen LogP contribution in [0.1, 0.15) is 98.1 Å². The van der Waals surface area contributed by atoms with Crippen LogP contribution in [-0.4, -0.2) is 19.4 Å². The molecule has 0 amide bonds. The number of aldehydes is 1. The summed E-state index contributed by atoms with van der Waals surface area (Å²) in [4.78, 5) is 10.6. The van der Waals surface area contributed by atoms with E-state index in [1.54, 1.807) is 0 Å². The number of carbonyl (C=O) groups is 1. The van der Waals surface area contributed by atoms with Crippen molar-refractivity contribution in [3.63, 3.8) is 0 Å². The number of hydrogen-bond acceptors (Lipinski definition) is 4. The number of aryl methyl sites for hydroxylation is 1. The second-order valence-electron chi connectivity index (χ2n) is 10.2. The van der Waals surface area contributed by atoms with Crippen molar-refractivity contribution in [2.24, 2.45) is 5.41 Å². The second-order valence-corrected chi connectivity index (χ2v) is 11.0. The monoisotopic (exact) mass is 591 g/mol. The molecule has 0 aromatic heterocycles. The van der Waals surface area contributed by atoms with Crippen molar-refractivity contribution in [2.45, 2.75) is 107 Å². The molecule has 0 fully saturated rings. The molecule has 1 unspecified atom stereocenters. The van der Waals surface area contributed by atoms with Crippen molar-refractivity contribution >= 4 is 18.0 Å². The second kappa shape index (κ2) is 27.2. The number of benzene rings is 1. The average molecular weight is 592 g/mol. The predicted octanol–water partition coefficient (Wildman–Crippen LogP) is 6.68. The molecule has 0 aliphatic rings. The predicted molar refractivity (Wildman–Crippen MR) is 176 cm³/mol. The van der Waals surface area contributed by atoms with Gasteiger partial charge in [-0.15, -0.1) is 6.42 Å². The van der Waals surface area contributed by atoms with Gasteiger partial charge < -0.3 is 32.6 Å². The first-order valence-corrected chi connectivity index (χ1v) is 15.1. The van der Waals surface area contributed by atoms with Crippen LogP contribution < -0.4 is 62.0 Å². The number of hydrogen-bond donors (Lipinski definition) is 2. The number of rotatable bonds is 16. The fraction of sp³-hybridized carbons (Fsp3) is 0.514. The van der Waals surface area contributed by atoms with Gasteiger partial charge in [0.15, 0.2) is 0 Å². The Morgan fingerprint density at radius 2 is 1.73 bits per heavy atom. The molecule has 0 saturated carbocycles. The van der Waals surface area contributed by atoms with Crippen LogP contribution in [-0.2, 0) is 11.3 Å². The van der Waals surface area contributed by atoms with Crippen LogP contribution in [0.4, 0.5) is 0 Å². The summed E-state index contributed by atoms with van der Waals surface area (Å²) < 4.78 is 0. The van der Waals surface area contributed by atoms with E-state index in [2.05, 4.69) is 113 Å². The van der Waals surface area contributed by atoms with E-state index in [4.69, 9.17) is 0 Å². The van der Waals surface area contributed by atoms with E-state index < -0.39 is 0 Å². The summed E-state index contributed by atoms with van der Waals surface area (Å²) in [7, 11) is 1.96. The van der Waals surface area contributed by atoms with Crippen molar-refractivity contribution in [3.8, 4) is 0 Å². The van der Waals surface area contributed by atoms with Gasteiger partial charge in [0.05, 0.1) is 0 Å². The topological polar surface area (TPSA) is 41.1 Å². The van der Waals surface area contributed by atoms with Crippen LogP contribution >= 0.6 is 11.8 Å². The molecule has 2 N–H and O–H groups in total. The fourth-order valence-electron chi connectivity index (χ4n) is 3.30. The minimum absolute atomic E-state index is 0. The normalized spacial score (nSPS) is 11.9. The summed E-state index contributed by atoms with van der Waals surface area (Å²) in [5.74, 6) is 0. The van der Waals surface area contributed by atoms with Crippen molar-refractivity contribution < 1.29 is 56.2 Å². The molecule has 40 heavy (non-hydrogen) atoms. The van der Waals surface area contributed by atoms with Gasteiger partial charge in [-0.2, -0.15) is 12.2 Å². The first-order chi connectivity index (χ1) is 18.5. The van der Waals surface area contributed by atoms with Gasteiger partial charge >= 0.3 is 51.4 Å². The number of nitrogens with one attached hydrogen (secondary N) is 2. The summed E-state index contributed by atoms with van der Waals surface area (Å²) in [5.41, 5.74) is 7.08. The van der Waals surface area contributed by atoms with Crippen LogP contribution in [0.25, 0.3) is 0 Å². The molecule has 1 aromatic carbocycles. The van der Waals surface area contributed by atoms with E-state index in [0.29, 0.717) is 12.5 Å². The van der Waals surface area contributed by atoms with Gasteiger partial charge in [-0.05, 0) is 50.4 Å². The number of carbonyl (C=O) groups excluding carboxylic acids is 1. The minimum atomic E-state index is 0. The molecule has 0 aliphatic carbocycles. The van der Waals surface area contributed by atoms with E-state index in [1.165, 1.54) is 28.5 Å². The molecular formula is C35H56KN2OS-. The fourth-order valence-corrected chi connectivity index (χ4v) is 3.91. The Kier molecular flexibility index (Phi) is 29.8. The minimum Gasteiger partial charge on any atom is -0.435 e. The summed E-state index contributed by atoms with van der Waals surface area (Å²) in [6, 6.07) is 8.88. The molecule has 0 saturated heterocycles. The van der Waals surface area contributed by atoms with Crippen molar-refractivity contribution in [3.05, 3.63) is 94.4 Å². The van der Waals surface area contributed by atoms with Crippen LogP contribution in [0.2, 0.25) is 0 Å². The quantitative estimate of drug-likeness (QED) is 0.0974.